The molecule has 1 aliphatic heterocycles. The zero-order valence-corrected chi connectivity index (χ0v) is 15.1. The van der Waals surface area contributed by atoms with E-state index in [4.69, 9.17) is 9.76 Å². The molecule has 1 saturated heterocycles. The summed E-state index contributed by atoms with van der Waals surface area (Å²) in [6.07, 6.45) is 5.40. The molecule has 0 spiro atoms. The fourth-order valence-corrected chi connectivity index (χ4v) is 4.25. The van der Waals surface area contributed by atoms with Gasteiger partial charge in [0.15, 0.2) is 0 Å². The molecular weight excluding hydrogens is 305 g/mol. The van der Waals surface area contributed by atoms with Crippen LogP contribution in [0.15, 0.2) is 11.6 Å². The second-order valence-corrected chi connectivity index (χ2v) is 7.46. The minimum absolute atomic E-state index is 0.0589. The van der Waals surface area contributed by atoms with Gasteiger partial charge in [-0.15, -0.1) is 0 Å². The number of carbonyl (C=O) groups excluding carboxylic acids is 1. The predicted octanol–water partition coefficient (Wildman–Crippen LogP) is 1.46. The predicted molar refractivity (Wildman–Crippen MR) is 94.3 cm³/mol. The Balaban J connectivity index is 2.01. The van der Waals surface area contributed by atoms with Gasteiger partial charge in [-0.1, -0.05) is 25.5 Å². The van der Waals surface area contributed by atoms with Crippen LogP contribution in [0.2, 0.25) is 0 Å². The van der Waals surface area contributed by atoms with Crippen LogP contribution in [-0.2, 0) is 9.53 Å². The third-order valence-electron chi connectivity index (χ3n) is 5.67. The maximum absolute atomic E-state index is 11.9. The molecule has 6 atom stereocenters. The van der Waals surface area contributed by atoms with Crippen molar-refractivity contribution in [3.63, 3.8) is 0 Å². The van der Waals surface area contributed by atoms with Gasteiger partial charge in [0.05, 0.1) is 25.2 Å². The number of ether oxygens (including phenoxy) is 1. The summed E-state index contributed by atoms with van der Waals surface area (Å²) in [4.78, 5) is 11.9. The molecule has 2 aliphatic rings. The Kier molecular flexibility index (Phi) is 7.32. The maximum Gasteiger partial charge on any atom is 0.308 e. The summed E-state index contributed by atoms with van der Waals surface area (Å²) in [6.45, 7) is 6.93. The van der Waals surface area contributed by atoms with Crippen LogP contribution in [-0.4, -0.2) is 48.8 Å². The maximum atomic E-state index is 11.9. The molecule has 0 aromatic rings. The topological polar surface area (TPSA) is 78.8 Å². The molecule has 1 saturated carbocycles. The van der Waals surface area contributed by atoms with E-state index in [0.29, 0.717) is 43.1 Å². The van der Waals surface area contributed by atoms with Crippen LogP contribution >= 0.6 is 0 Å². The zero-order chi connectivity index (χ0) is 17.7. The molecule has 1 radical (unpaired) electrons. The molecule has 135 valence electrons. The van der Waals surface area contributed by atoms with E-state index in [1.807, 2.05) is 6.92 Å². The standard InChI is InChI=1S/C18H31BNO4/c1-11-4-6-15-13(3)17(8-18(22)20-10-19-23)24-9-16(15)14(11)7-5-12(2)21/h7,11-13,15-17,21,23H,4-6,8-10H2,1-3H3,(H,20,22)/b14-7-/t11-,12?,13?,15?,16?,17?/m1/s1. The van der Waals surface area contributed by atoms with Gasteiger partial charge in [0.2, 0.25) is 5.91 Å². The lowest BCUT2D eigenvalue weighted by Gasteiger charge is -2.47. The van der Waals surface area contributed by atoms with E-state index in [0.717, 1.165) is 13.9 Å². The lowest BCUT2D eigenvalue weighted by atomic mass is 9.64. The Labute approximate surface area is 146 Å². The number of hydrogen-bond acceptors (Lipinski definition) is 4. The quantitative estimate of drug-likeness (QED) is 0.507. The molecule has 1 heterocycles. The van der Waals surface area contributed by atoms with Crippen molar-refractivity contribution in [1.82, 2.24) is 5.32 Å². The molecule has 5 nitrogen and oxygen atoms in total. The van der Waals surface area contributed by atoms with Gasteiger partial charge in [-0.05, 0) is 43.9 Å². The highest BCUT2D eigenvalue weighted by Crippen LogP contribution is 2.46. The highest BCUT2D eigenvalue weighted by molar-refractivity contribution is 6.26. The highest BCUT2D eigenvalue weighted by atomic mass is 16.5. The van der Waals surface area contributed by atoms with E-state index in [2.05, 4.69) is 25.2 Å². The van der Waals surface area contributed by atoms with Crippen LogP contribution in [0.1, 0.15) is 46.5 Å². The van der Waals surface area contributed by atoms with Gasteiger partial charge in [-0.2, -0.15) is 0 Å². The third kappa shape index (κ3) is 4.84. The van der Waals surface area contributed by atoms with Crippen molar-refractivity contribution in [3.8, 4) is 0 Å². The molecule has 2 fully saturated rings. The largest absolute Gasteiger partial charge is 0.452 e. The number of aliphatic hydroxyl groups is 1. The van der Waals surface area contributed by atoms with Gasteiger partial charge in [0.25, 0.3) is 0 Å². The molecule has 24 heavy (non-hydrogen) atoms. The Morgan fingerprint density at radius 3 is 2.88 bits per heavy atom. The van der Waals surface area contributed by atoms with Crippen molar-refractivity contribution < 1.29 is 19.7 Å². The summed E-state index contributed by atoms with van der Waals surface area (Å²) in [6, 6.07) is 0. The average molecular weight is 336 g/mol. The first-order chi connectivity index (χ1) is 11.4. The summed E-state index contributed by atoms with van der Waals surface area (Å²) >= 11 is 0. The number of hydrogen-bond donors (Lipinski definition) is 3. The average Bonchev–Trinajstić information content (AvgIpc) is 2.54. The highest BCUT2D eigenvalue weighted by Gasteiger charge is 2.43. The Hall–Kier alpha value is -0.845. The van der Waals surface area contributed by atoms with Crippen LogP contribution in [0.5, 0.6) is 0 Å². The van der Waals surface area contributed by atoms with Crippen molar-refractivity contribution >= 4 is 13.4 Å². The lowest BCUT2D eigenvalue weighted by molar-refractivity contribution is -0.131. The summed E-state index contributed by atoms with van der Waals surface area (Å²) in [5.74, 6) is 1.74. The van der Waals surface area contributed by atoms with Crippen LogP contribution in [0.3, 0.4) is 0 Å². The van der Waals surface area contributed by atoms with Gasteiger partial charge < -0.3 is 20.2 Å². The van der Waals surface area contributed by atoms with E-state index in [1.54, 1.807) is 0 Å². The number of aliphatic hydroxyl groups excluding tert-OH is 1. The van der Waals surface area contributed by atoms with Gasteiger partial charge in [0.1, 0.15) is 0 Å². The zero-order valence-electron chi connectivity index (χ0n) is 15.1. The van der Waals surface area contributed by atoms with E-state index in [1.165, 1.54) is 12.0 Å². The number of rotatable bonds is 6. The number of nitrogens with one attached hydrogen (secondary N) is 1. The molecule has 3 N–H and O–H groups in total. The van der Waals surface area contributed by atoms with Crippen LogP contribution in [0, 0.1) is 23.7 Å². The molecule has 0 bridgehead atoms. The summed E-state index contributed by atoms with van der Waals surface area (Å²) in [7, 11) is 0.945. The molecule has 0 aromatic heterocycles. The molecule has 0 aromatic carbocycles. The smallest absolute Gasteiger partial charge is 0.308 e. The first kappa shape index (κ1) is 19.5. The molecule has 1 amide bonds. The molecule has 5 unspecified atom stereocenters. The van der Waals surface area contributed by atoms with Crippen molar-refractivity contribution in [1.29, 1.82) is 0 Å². The van der Waals surface area contributed by atoms with Crippen LogP contribution in [0.25, 0.3) is 0 Å². The first-order valence-corrected chi connectivity index (χ1v) is 9.16. The van der Waals surface area contributed by atoms with Gasteiger partial charge in [-0.3, -0.25) is 4.79 Å². The van der Waals surface area contributed by atoms with E-state index in [-0.39, 0.29) is 24.6 Å². The molecule has 1 aliphatic carbocycles. The van der Waals surface area contributed by atoms with Gasteiger partial charge >= 0.3 is 7.48 Å². The second kappa shape index (κ2) is 9.02. The fraction of sp³-hybridized carbons (Fsp3) is 0.833. The molecule has 2 rings (SSSR count). The Morgan fingerprint density at radius 1 is 1.46 bits per heavy atom. The third-order valence-corrected chi connectivity index (χ3v) is 5.67. The van der Waals surface area contributed by atoms with Gasteiger partial charge in [0, 0.05) is 12.4 Å². The minimum atomic E-state index is -0.313. The van der Waals surface area contributed by atoms with E-state index < -0.39 is 0 Å². The first-order valence-electron chi connectivity index (χ1n) is 9.16. The van der Waals surface area contributed by atoms with Gasteiger partial charge in [-0.25, -0.2) is 0 Å². The van der Waals surface area contributed by atoms with Crippen LogP contribution in [0.4, 0.5) is 0 Å². The monoisotopic (exact) mass is 336 g/mol. The van der Waals surface area contributed by atoms with Crippen molar-refractivity contribution in [2.75, 3.05) is 13.1 Å². The lowest BCUT2D eigenvalue weighted by Crippen LogP contribution is -2.46. The van der Waals surface area contributed by atoms with Crippen LogP contribution < -0.4 is 5.32 Å². The minimum Gasteiger partial charge on any atom is -0.452 e. The summed E-state index contributed by atoms with van der Waals surface area (Å²) in [5.41, 5.74) is 1.43. The second-order valence-electron chi connectivity index (χ2n) is 7.46. The molecule has 6 heteroatoms. The van der Waals surface area contributed by atoms with Crippen molar-refractivity contribution in [3.05, 3.63) is 11.6 Å². The SMILES string of the molecule is CC(O)C/C=C1\C2COC(CC(=O)NC[B]O)C(C)C2CC[C@H]1C. The number of amides is 1. The molecular formula is C18H31BNO4. The van der Waals surface area contributed by atoms with Crippen molar-refractivity contribution in [2.24, 2.45) is 23.7 Å². The Bertz CT molecular complexity index is 454. The number of fused-ring (bicyclic) bond motifs is 1. The van der Waals surface area contributed by atoms with E-state index in [9.17, 15) is 9.90 Å². The normalized spacial score (nSPS) is 36.0. The Morgan fingerprint density at radius 2 is 2.21 bits per heavy atom. The van der Waals surface area contributed by atoms with Crippen molar-refractivity contribution in [2.45, 2.75) is 58.7 Å². The number of carbonyl (C=O) groups is 1. The van der Waals surface area contributed by atoms with E-state index >= 15 is 0 Å². The fourth-order valence-electron chi connectivity index (χ4n) is 4.25. The summed E-state index contributed by atoms with van der Waals surface area (Å²) < 4.78 is 6.06. The summed E-state index contributed by atoms with van der Waals surface area (Å²) in [5, 5.41) is 20.9.